The monoisotopic (exact) mass is 267 g/mol. The van der Waals surface area contributed by atoms with Crippen LogP contribution >= 0.6 is 11.6 Å². The Bertz CT molecular complexity index is 403. The van der Waals surface area contributed by atoms with E-state index in [1.807, 2.05) is 0 Å². The summed E-state index contributed by atoms with van der Waals surface area (Å²) in [5, 5.41) is 3.28. The number of hydrogen-bond acceptors (Lipinski definition) is 3. The van der Waals surface area contributed by atoms with Crippen LogP contribution in [0.25, 0.3) is 0 Å². The predicted octanol–water partition coefficient (Wildman–Crippen LogP) is 2.97. The normalized spacial score (nSPS) is 17.8. The van der Waals surface area contributed by atoms with Crippen molar-refractivity contribution in [3.8, 4) is 0 Å². The second-order valence-corrected chi connectivity index (χ2v) is 5.13. The summed E-state index contributed by atoms with van der Waals surface area (Å²) in [7, 11) is 0. The van der Waals surface area contributed by atoms with E-state index < -0.39 is 0 Å². The van der Waals surface area contributed by atoms with Gasteiger partial charge in [0.05, 0.1) is 12.4 Å². The summed E-state index contributed by atoms with van der Waals surface area (Å²) in [6.07, 6.45) is 11.2. The zero-order valence-corrected chi connectivity index (χ0v) is 11.1. The standard InChI is InChI=1S/C13H18ClN3O/c14-12-9-15-8-11(17-12)13(18)16-10-6-4-2-1-3-5-7-10/h8-10H,1-7H2,(H,16,18). The number of rotatable bonds is 2. The minimum atomic E-state index is -0.171. The quantitative estimate of drug-likeness (QED) is 0.896. The molecular weight excluding hydrogens is 250 g/mol. The number of carbonyl (C=O) groups is 1. The van der Waals surface area contributed by atoms with E-state index in [1.54, 1.807) is 0 Å². The van der Waals surface area contributed by atoms with Gasteiger partial charge in [-0.2, -0.15) is 0 Å². The van der Waals surface area contributed by atoms with Gasteiger partial charge in [-0.1, -0.05) is 43.7 Å². The lowest BCUT2D eigenvalue weighted by Crippen LogP contribution is -2.35. The Morgan fingerprint density at radius 3 is 2.50 bits per heavy atom. The molecule has 0 unspecified atom stereocenters. The molecule has 0 radical (unpaired) electrons. The molecular formula is C13H18ClN3O. The molecule has 98 valence electrons. The molecule has 18 heavy (non-hydrogen) atoms. The maximum atomic E-state index is 12.0. The number of hydrogen-bond donors (Lipinski definition) is 1. The number of amides is 1. The molecule has 0 aliphatic heterocycles. The van der Waals surface area contributed by atoms with Crippen LogP contribution in [-0.4, -0.2) is 21.9 Å². The van der Waals surface area contributed by atoms with Crippen molar-refractivity contribution < 1.29 is 4.79 Å². The molecule has 0 saturated heterocycles. The summed E-state index contributed by atoms with van der Waals surface area (Å²) in [5.74, 6) is -0.171. The van der Waals surface area contributed by atoms with Crippen LogP contribution < -0.4 is 5.32 Å². The minimum Gasteiger partial charge on any atom is -0.348 e. The molecule has 5 heteroatoms. The van der Waals surface area contributed by atoms with E-state index in [4.69, 9.17) is 11.6 Å². The Hall–Kier alpha value is -1.16. The van der Waals surface area contributed by atoms with E-state index in [9.17, 15) is 4.79 Å². The largest absolute Gasteiger partial charge is 0.348 e. The van der Waals surface area contributed by atoms with Crippen molar-refractivity contribution >= 4 is 17.5 Å². The van der Waals surface area contributed by atoms with E-state index in [1.165, 1.54) is 44.5 Å². The topological polar surface area (TPSA) is 54.9 Å². The Labute approximate surface area is 112 Å². The Morgan fingerprint density at radius 2 is 1.83 bits per heavy atom. The molecule has 1 N–H and O–H groups in total. The lowest BCUT2D eigenvalue weighted by atomic mass is 9.96. The number of carbonyl (C=O) groups excluding carboxylic acids is 1. The van der Waals surface area contributed by atoms with Gasteiger partial charge in [-0.3, -0.25) is 9.78 Å². The minimum absolute atomic E-state index is 0.171. The first-order chi connectivity index (χ1) is 8.75. The molecule has 1 amide bonds. The molecule has 1 aliphatic carbocycles. The molecule has 0 spiro atoms. The fraction of sp³-hybridized carbons (Fsp3) is 0.615. The van der Waals surface area contributed by atoms with Gasteiger partial charge in [-0.15, -0.1) is 0 Å². The number of aromatic nitrogens is 2. The smallest absolute Gasteiger partial charge is 0.271 e. The zero-order valence-electron chi connectivity index (χ0n) is 10.4. The van der Waals surface area contributed by atoms with Crippen molar-refractivity contribution in [2.45, 2.75) is 51.0 Å². The van der Waals surface area contributed by atoms with E-state index in [0.717, 1.165) is 12.8 Å². The third kappa shape index (κ3) is 3.95. The second kappa shape index (κ2) is 6.69. The van der Waals surface area contributed by atoms with E-state index in [-0.39, 0.29) is 17.1 Å². The second-order valence-electron chi connectivity index (χ2n) is 4.74. The third-order valence-electron chi connectivity index (χ3n) is 3.28. The van der Waals surface area contributed by atoms with Crippen molar-refractivity contribution in [3.63, 3.8) is 0 Å². The van der Waals surface area contributed by atoms with Crippen molar-refractivity contribution in [2.24, 2.45) is 0 Å². The van der Waals surface area contributed by atoms with Crippen LogP contribution in [0.3, 0.4) is 0 Å². The maximum absolute atomic E-state index is 12.0. The summed E-state index contributed by atoms with van der Waals surface area (Å²) in [6.45, 7) is 0. The summed E-state index contributed by atoms with van der Waals surface area (Å²) in [4.78, 5) is 19.8. The van der Waals surface area contributed by atoms with Crippen LogP contribution in [0, 0.1) is 0 Å². The molecule has 2 rings (SSSR count). The number of nitrogens with one attached hydrogen (secondary N) is 1. The SMILES string of the molecule is O=C(NC1CCCCCCC1)c1cncc(Cl)n1. The highest BCUT2D eigenvalue weighted by atomic mass is 35.5. The lowest BCUT2D eigenvalue weighted by molar-refractivity contribution is 0.0925. The van der Waals surface area contributed by atoms with Crippen LogP contribution in [0.2, 0.25) is 5.15 Å². The molecule has 1 aliphatic rings. The maximum Gasteiger partial charge on any atom is 0.271 e. The molecule has 4 nitrogen and oxygen atoms in total. The van der Waals surface area contributed by atoms with Gasteiger partial charge in [0.2, 0.25) is 0 Å². The molecule has 1 heterocycles. The Kier molecular flexibility index (Phi) is 4.93. The third-order valence-corrected chi connectivity index (χ3v) is 3.46. The first-order valence-corrected chi connectivity index (χ1v) is 6.92. The van der Waals surface area contributed by atoms with Gasteiger partial charge in [0.15, 0.2) is 0 Å². The molecule has 0 atom stereocenters. The number of nitrogens with zero attached hydrogens (tertiary/aromatic N) is 2. The highest BCUT2D eigenvalue weighted by Crippen LogP contribution is 2.17. The van der Waals surface area contributed by atoms with E-state index in [0.29, 0.717) is 5.69 Å². The van der Waals surface area contributed by atoms with Crippen LogP contribution in [0.15, 0.2) is 12.4 Å². The first-order valence-electron chi connectivity index (χ1n) is 6.54. The molecule has 0 aromatic carbocycles. The van der Waals surface area contributed by atoms with Crippen molar-refractivity contribution in [2.75, 3.05) is 0 Å². The predicted molar refractivity (Wildman–Crippen MR) is 70.6 cm³/mol. The van der Waals surface area contributed by atoms with Crippen LogP contribution in [-0.2, 0) is 0 Å². The van der Waals surface area contributed by atoms with E-state index in [2.05, 4.69) is 15.3 Å². The van der Waals surface area contributed by atoms with Gasteiger partial charge in [0, 0.05) is 6.04 Å². The van der Waals surface area contributed by atoms with Crippen LogP contribution in [0.5, 0.6) is 0 Å². The average Bonchev–Trinajstić information content (AvgIpc) is 2.32. The molecule has 1 aromatic rings. The lowest BCUT2D eigenvalue weighted by Gasteiger charge is -2.20. The molecule has 1 saturated carbocycles. The van der Waals surface area contributed by atoms with Gasteiger partial charge < -0.3 is 5.32 Å². The van der Waals surface area contributed by atoms with Gasteiger partial charge in [-0.25, -0.2) is 4.98 Å². The van der Waals surface area contributed by atoms with Crippen molar-refractivity contribution in [1.29, 1.82) is 0 Å². The van der Waals surface area contributed by atoms with Crippen molar-refractivity contribution in [3.05, 3.63) is 23.2 Å². The summed E-state index contributed by atoms with van der Waals surface area (Å²) in [5.41, 5.74) is 0.296. The summed E-state index contributed by atoms with van der Waals surface area (Å²) in [6, 6.07) is 0.263. The Morgan fingerprint density at radius 1 is 1.17 bits per heavy atom. The summed E-state index contributed by atoms with van der Waals surface area (Å²) >= 11 is 5.73. The zero-order chi connectivity index (χ0) is 12.8. The van der Waals surface area contributed by atoms with Crippen LogP contribution in [0.4, 0.5) is 0 Å². The molecule has 0 bridgehead atoms. The fourth-order valence-corrected chi connectivity index (χ4v) is 2.46. The highest BCUT2D eigenvalue weighted by Gasteiger charge is 2.16. The highest BCUT2D eigenvalue weighted by molar-refractivity contribution is 6.29. The molecule has 1 aromatic heterocycles. The van der Waals surface area contributed by atoms with Gasteiger partial charge in [0.25, 0.3) is 5.91 Å². The van der Waals surface area contributed by atoms with Gasteiger partial charge >= 0.3 is 0 Å². The molecule has 1 fully saturated rings. The van der Waals surface area contributed by atoms with Gasteiger partial charge in [-0.05, 0) is 12.8 Å². The fourth-order valence-electron chi connectivity index (χ4n) is 2.31. The van der Waals surface area contributed by atoms with Gasteiger partial charge in [0.1, 0.15) is 10.8 Å². The number of halogens is 1. The van der Waals surface area contributed by atoms with Crippen LogP contribution in [0.1, 0.15) is 55.4 Å². The average molecular weight is 268 g/mol. The Balaban J connectivity index is 1.93. The summed E-state index contributed by atoms with van der Waals surface area (Å²) < 4.78 is 0. The van der Waals surface area contributed by atoms with Crippen molar-refractivity contribution in [1.82, 2.24) is 15.3 Å². The first kappa shape index (κ1) is 13.3. The van der Waals surface area contributed by atoms with E-state index >= 15 is 0 Å².